The van der Waals surface area contributed by atoms with Gasteiger partial charge in [0, 0.05) is 44.0 Å². The molecule has 100 valence electrons. The Balaban J connectivity index is 1.95. The molecule has 0 aromatic carbocycles. The van der Waals surface area contributed by atoms with Gasteiger partial charge in [0.2, 0.25) is 10.0 Å². The normalized spacial score (nSPS) is 21.9. The van der Waals surface area contributed by atoms with Gasteiger partial charge in [0.05, 0.1) is 5.75 Å². The van der Waals surface area contributed by atoms with Crippen molar-refractivity contribution < 1.29 is 8.42 Å². The first-order valence-electron chi connectivity index (χ1n) is 6.19. The summed E-state index contributed by atoms with van der Waals surface area (Å²) in [6.45, 7) is 3.85. The molecule has 2 heterocycles. The predicted octanol–water partition coefficient (Wildman–Crippen LogP) is 0.248. The van der Waals surface area contributed by atoms with Crippen molar-refractivity contribution in [2.75, 3.05) is 25.4 Å². The number of hydrogen-bond acceptors (Lipinski definition) is 4. The minimum atomic E-state index is -3.16. The molecule has 0 unspecified atom stereocenters. The van der Waals surface area contributed by atoms with E-state index in [1.807, 2.05) is 25.1 Å². The van der Waals surface area contributed by atoms with Gasteiger partial charge in [-0.2, -0.15) is 4.31 Å². The van der Waals surface area contributed by atoms with E-state index in [1.165, 1.54) is 0 Å². The van der Waals surface area contributed by atoms with E-state index in [-0.39, 0.29) is 11.8 Å². The van der Waals surface area contributed by atoms with Crippen LogP contribution < -0.4 is 5.32 Å². The van der Waals surface area contributed by atoms with Crippen molar-refractivity contribution in [3.05, 3.63) is 30.1 Å². The van der Waals surface area contributed by atoms with Crippen molar-refractivity contribution in [2.45, 2.75) is 19.4 Å². The third kappa shape index (κ3) is 3.51. The Labute approximate surface area is 108 Å². The van der Waals surface area contributed by atoms with E-state index in [4.69, 9.17) is 0 Å². The number of hydrogen-bond donors (Lipinski definition) is 1. The van der Waals surface area contributed by atoms with Gasteiger partial charge in [0.1, 0.15) is 0 Å². The van der Waals surface area contributed by atoms with Crippen LogP contribution in [0.25, 0.3) is 0 Å². The van der Waals surface area contributed by atoms with Crippen LogP contribution in [0.3, 0.4) is 0 Å². The highest BCUT2D eigenvalue weighted by atomic mass is 32.2. The second-order valence-electron chi connectivity index (χ2n) is 4.60. The van der Waals surface area contributed by atoms with Crippen molar-refractivity contribution >= 4 is 10.0 Å². The lowest BCUT2D eigenvalue weighted by molar-refractivity contribution is 0.310. The molecule has 0 aliphatic carbocycles. The fraction of sp³-hybridized carbons (Fsp3) is 0.583. The first-order chi connectivity index (χ1) is 8.58. The number of nitrogens with zero attached hydrogens (tertiary/aromatic N) is 2. The zero-order chi connectivity index (χ0) is 13.0. The highest BCUT2D eigenvalue weighted by Gasteiger charge is 2.26. The van der Waals surface area contributed by atoms with Crippen LogP contribution in [-0.4, -0.2) is 49.1 Å². The van der Waals surface area contributed by atoms with E-state index in [9.17, 15) is 8.42 Å². The molecule has 1 aliphatic heterocycles. The zero-order valence-corrected chi connectivity index (χ0v) is 11.4. The Bertz CT molecular complexity index is 475. The van der Waals surface area contributed by atoms with Crippen LogP contribution in [0.15, 0.2) is 24.4 Å². The average Bonchev–Trinajstić information content (AvgIpc) is 2.38. The summed E-state index contributed by atoms with van der Waals surface area (Å²) in [5.41, 5.74) is 0.823. The van der Waals surface area contributed by atoms with Crippen LogP contribution >= 0.6 is 0 Å². The zero-order valence-electron chi connectivity index (χ0n) is 10.5. The largest absolute Gasteiger partial charge is 0.312 e. The molecule has 2 rings (SSSR count). The number of piperazine rings is 1. The SMILES string of the molecule is C[C@H]1CN(S(=O)(=O)CCc2ccccn2)CCN1. The Morgan fingerprint density at radius 3 is 3.00 bits per heavy atom. The number of pyridine rings is 1. The van der Waals surface area contributed by atoms with E-state index in [0.29, 0.717) is 19.5 Å². The maximum Gasteiger partial charge on any atom is 0.214 e. The summed E-state index contributed by atoms with van der Waals surface area (Å²) in [5.74, 6) is 0.136. The molecule has 1 saturated heterocycles. The number of nitrogens with one attached hydrogen (secondary N) is 1. The topological polar surface area (TPSA) is 62.3 Å². The van der Waals surface area contributed by atoms with Crippen LogP contribution in [0, 0.1) is 0 Å². The molecule has 18 heavy (non-hydrogen) atoms. The first-order valence-corrected chi connectivity index (χ1v) is 7.80. The number of sulfonamides is 1. The van der Waals surface area contributed by atoms with Gasteiger partial charge in [-0.25, -0.2) is 8.42 Å². The minimum Gasteiger partial charge on any atom is -0.312 e. The smallest absolute Gasteiger partial charge is 0.214 e. The highest BCUT2D eigenvalue weighted by Crippen LogP contribution is 2.08. The summed E-state index contributed by atoms with van der Waals surface area (Å²) in [4.78, 5) is 4.15. The van der Waals surface area contributed by atoms with Crippen LogP contribution in [0.2, 0.25) is 0 Å². The third-order valence-corrected chi connectivity index (χ3v) is 4.91. The van der Waals surface area contributed by atoms with Crippen LogP contribution in [-0.2, 0) is 16.4 Å². The Hall–Kier alpha value is -0.980. The monoisotopic (exact) mass is 269 g/mol. The van der Waals surface area contributed by atoms with Gasteiger partial charge in [-0.1, -0.05) is 6.07 Å². The molecular weight excluding hydrogens is 250 g/mol. The van der Waals surface area contributed by atoms with Crippen molar-refractivity contribution in [2.24, 2.45) is 0 Å². The standard InChI is InChI=1S/C12H19N3O2S/c1-11-10-15(8-7-13-11)18(16,17)9-5-12-4-2-3-6-14-12/h2-4,6,11,13H,5,7-10H2,1H3/t11-/m0/s1. The molecule has 1 aromatic heterocycles. The summed E-state index contributed by atoms with van der Waals surface area (Å²) < 4.78 is 25.9. The molecule has 1 atom stereocenters. The van der Waals surface area contributed by atoms with Gasteiger partial charge in [0.25, 0.3) is 0 Å². The molecular formula is C12H19N3O2S. The molecule has 1 aromatic rings. The summed E-state index contributed by atoms with van der Waals surface area (Å²) in [7, 11) is -3.16. The predicted molar refractivity (Wildman–Crippen MR) is 70.8 cm³/mol. The molecule has 1 aliphatic rings. The summed E-state index contributed by atoms with van der Waals surface area (Å²) >= 11 is 0. The van der Waals surface area contributed by atoms with Crippen molar-refractivity contribution in [3.63, 3.8) is 0 Å². The van der Waals surface area contributed by atoms with E-state index in [1.54, 1.807) is 10.5 Å². The van der Waals surface area contributed by atoms with Gasteiger partial charge in [0.15, 0.2) is 0 Å². The quantitative estimate of drug-likeness (QED) is 0.851. The van der Waals surface area contributed by atoms with E-state index >= 15 is 0 Å². The molecule has 0 radical (unpaired) electrons. The molecule has 1 N–H and O–H groups in total. The lowest BCUT2D eigenvalue weighted by Gasteiger charge is -2.30. The van der Waals surface area contributed by atoms with Crippen LogP contribution in [0.1, 0.15) is 12.6 Å². The Kier molecular flexibility index (Phi) is 4.31. The fourth-order valence-electron chi connectivity index (χ4n) is 2.06. The minimum absolute atomic E-state index is 0.136. The molecule has 1 fully saturated rings. The number of aromatic nitrogens is 1. The summed E-state index contributed by atoms with van der Waals surface area (Å²) in [5, 5.41) is 3.24. The number of aryl methyl sites for hydroxylation is 1. The van der Waals surface area contributed by atoms with Gasteiger partial charge in [-0.05, 0) is 19.1 Å². The second-order valence-corrected chi connectivity index (χ2v) is 6.69. The lowest BCUT2D eigenvalue weighted by atomic mass is 10.3. The third-order valence-electron chi connectivity index (χ3n) is 3.07. The van der Waals surface area contributed by atoms with Gasteiger partial charge < -0.3 is 5.32 Å². The van der Waals surface area contributed by atoms with E-state index in [0.717, 1.165) is 12.2 Å². The lowest BCUT2D eigenvalue weighted by Crippen LogP contribution is -2.51. The highest BCUT2D eigenvalue weighted by molar-refractivity contribution is 7.89. The number of rotatable bonds is 4. The van der Waals surface area contributed by atoms with Gasteiger partial charge in [-0.3, -0.25) is 4.98 Å². The van der Waals surface area contributed by atoms with Gasteiger partial charge >= 0.3 is 0 Å². The first kappa shape index (κ1) is 13.5. The Morgan fingerprint density at radius 1 is 1.50 bits per heavy atom. The maximum absolute atomic E-state index is 12.2. The molecule has 6 heteroatoms. The van der Waals surface area contributed by atoms with Crippen LogP contribution in [0.5, 0.6) is 0 Å². The van der Waals surface area contributed by atoms with E-state index < -0.39 is 10.0 Å². The van der Waals surface area contributed by atoms with Crippen LogP contribution in [0.4, 0.5) is 0 Å². The maximum atomic E-state index is 12.2. The van der Waals surface area contributed by atoms with Gasteiger partial charge in [-0.15, -0.1) is 0 Å². The van der Waals surface area contributed by atoms with Crippen molar-refractivity contribution in [1.29, 1.82) is 0 Å². The van der Waals surface area contributed by atoms with Crippen molar-refractivity contribution in [1.82, 2.24) is 14.6 Å². The van der Waals surface area contributed by atoms with Crippen molar-refractivity contribution in [3.8, 4) is 0 Å². The fourth-order valence-corrected chi connectivity index (χ4v) is 3.60. The average molecular weight is 269 g/mol. The summed E-state index contributed by atoms with van der Waals surface area (Å²) in [6, 6.07) is 5.79. The second kappa shape index (κ2) is 5.77. The van der Waals surface area contributed by atoms with E-state index in [2.05, 4.69) is 10.3 Å². The summed E-state index contributed by atoms with van der Waals surface area (Å²) in [6.07, 6.45) is 2.16. The Morgan fingerprint density at radius 2 is 2.33 bits per heavy atom. The molecule has 0 bridgehead atoms. The molecule has 5 nitrogen and oxygen atoms in total. The molecule has 0 saturated carbocycles. The molecule has 0 amide bonds. The molecule has 0 spiro atoms.